The first-order valence-electron chi connectivity index (χ1n) is 10.9. The van der Waals surface area contributed by atoms with Gasteiger partial charge in [0.15, 0.2) is 0 Å². The summed E-state index contributed by atoms with van der Waals surface area (Å²) < 4.78 is 6.12. The van der Waals surface area contributed by atoms with Crippen molar-refractivity contribution in [3.8, 4) is 0 Å². The number of morpholine rings is 1. The first kappa shape index (κ1) is 24.3. The topological polar surface area (TPSA) is 48.8 Å². The summed E-state index contributed by atoms with van der Waals surface area (Å²) in [6.07, 6.45) is 4.79. The highest BCUT2D eigenvalue weighted by molar-refractivity contribution is 6.30. The number of halogens is 2. The highest BCUT2D eigenvalue weighted by Crippen LogP contribution is 2.29. The Morgan fingerprint density at radius 3 is 2.45 bits per heavy atom. The predicted molar refractivity (Wildman–Crippen MR) is 128 cm³/mol. The first-order valence-corrected chi connectivity index (χ1v) is 11.3. The molecule has 2 atom stereocenters. The van der Waals surface area contributed by atoms with Gasteiger partial charge in [0.1, 0.15) is 5.82 Å². The van der Waals surface area contributed by atoms with Gasteiger partial charge in [0.2, 0.25) is 0 Å². The van der Waals surface area contributed by atoms with Gasteiger partial charge in [-0.25, -0.2) is 4.98 Å². The number of benzene rings is 1. The Bertz CT molecular complexity index is 806. The largest absolute Gasteiger partial charge is 0.388 e. The van der Waals surface area contributed by atoms with Crippen molar-refractivity contribution in [1.29, 1.82) is 0 Å². The van der Waals surface area contributed by atoms with Crippen LogP contribution in [0.2, 0.25) is 5.02 Å². The van der Waals surface area contributed by atoms with E-state index >= 15 is 0 Å². The number of aliphatic hydroxyl groups is 1. The number of nitrogens with zero attached hydrogens (tertiary/aromatic N) is 3. The van der Waals surface area contributed by atoms with Gasteiger partial charge in [-0.05, 0) is 62.9 Å². The molecule has 7 heteroatoms. The highest BCUT2D eigenvalue weighted by Gasteiger charge is 2.40. The Hall–Kier alpha value is -1.37. The van der Waals surface area contributed by atoms with Crippen LogP contribution in [0.15, 0.2) is 48.7 Å². The molecule has 0 saturated carbocycles. The third-order valence-corrected chi connectivity index (χ3v) is 6.67. The second kappa shape index (κ2) is 10.5. The summed E-state index contributed by atoms with van der Waals surface area (Å²) in [7, 11) is 0. The summed E-state index contributed by atoms with van der Waals surface area (Å²) >= 11 is 6.07. The standard InChI is InChI=1S/C24H32ClN3O2.ClH/c1-24(2,29)22-16-28(21(17-30-22)15-18-6-8-19(25)9-7-18)20-10-13-27(14-11-20)23-5-3-4-12-26-23;/h3-9,12,20-22,29H,10-11,13-17H2,1-2H3;1H/t21-,22+;/m0./s1. The van der Waals surface area contributed by atoms with E-state index in [9.17, 15) is 5.11 Å². The zero-order valence-electron chi connectivity index (χ0n) is 18.3. The van der Waals surface area contributed by atoms with E-state index in [-0.39, 0.29) is 18.5 Å². The van der Waals surface area contributed by atoms with Crippen molar-refractivity contribution < 1.29 is 9.84 Å². The second-order valence-electron chi connectivity index (χ2n) is 9.06. The molecular formula is C24H33Cl2N3O2. The van der Waals surface area contributed by atoms with E-state index in [1.54, 1.807) is 0 Å². The number of anilines is 1. The van der Waals surface area contributed by atoms with Gasteiger partial charge in [0, 0.05) is 42.9 Å². The molecule has 0 spiro atoms. The lowest BCUT2D eigenvalue weighted by Crippen LogP contribution is -2.61. The Kier molecular flexibility index (Phi) is 8.22. The second-order valence-corrected chi connectivity index (χ2v) is 9.50. The molecule has 2 aliphatic heterocycles. The molecule has 0 bridgehead atoms. The SMILES string of the molecule is CC(C)(O)[C@H]1CN(C2CCN(c3ccccn3)CC2)[C@@H](Cc2ccc(Cl)cc2)CO1.Cl. The molecule has 170 valence electrons. The van der Waals surface area contributed by atoms with Gasteiger partial charge in [-0.2, -0.15) is 0 Å². The van der Waals surface area contributed by atoms with E-state index in [4.69, 9.17) is 16.3 Å². The average molecular weight is 466 g/mol. The molecular weight excluding hydrogens is 433 g/mol. The van der Waals surface area contributed by atoms with E-state index in [0.717, 1.165) is 49.7 Å². The van der Waals surface area contributed by atoms with Gasteiger partial charge < -0.3 is 14.7 Å². The fourth-order valence-electron chi connectivity index (χ4n) is 4.63. The maximum Gasteiger partial charge on any atom is 0.128 e. The lowest BCUT2D eigenvalue weighted by Gasteiger charge is -2.49. The van der Waals surface area contributed by atoms with Crippen LogP contribution in [0.1, 0.15) is 32.3 Å². The summed E-state index contributed by atoms with van der Waals surface area (Å²) in [5.74, 6) is 1.06. The summed E-state index contributed by atoms with van der Waals surface area (Å²) in [5, 5.41) is 11.3. The van der Waals surface area contributed by atoms with E-state index in [1.807, 2.05) is 44.3 Å². The number of rotatable bonds is 5. The molecule has 1 N–H and O–H groups in total. The number of pyridine rings is 1. The van der Waals surface area contributed by atoms with Crippen molar-refractivity contribution in [2.24, 2.45) is 0 Å². The number of piperidine rings is 1. The van der Waals surface area contributed by atoms with Crippen molar-refractivity contribution in [3.05, 3.63) is 59.2 Å². The fourth-order valence-corrected chi connectivity index (χ4v) is 4.75. The van der Waals surface area contributed by atoms with Gasteiger partial charge in [-0.1, -0.05) is 29.8 Å². The van der Waals surface area contributed by atoms with Gasteiger partial charge in [0.05, 0.1) is 18.3 Å². The minimum Gasteiger partial charge on any atom is -0.388 e. The third-order valence-electron chi connectivity index (χ3n) is 6.41. The van der Waals surface area contributed by atoms with E-state index < -0.39 is 5.60 Å². The Balaban J connectivity index is 0.00000272. The molecule has 0 amide bonds. The monoisotopic (exact) mass is 465 g/mol. The molecule has 2 saturated heterocycles. The molecule has 1 aromatic heterocycles. The van der Waals surface area contributed by atoms with Crippen LogP contribution >= 0.6 is 24.0 Å². The summed E-state index contributed by atoms with van der Waals surface area (Å²) in [6, 6.07) is 15.0. The van der Waals surface area contributed by atoms with Crippen molar-refractivity contribution in [2.45, 2.75) is 56.9 Å². The van der Waals surface area contributed by atoms with Crippen LogP contribution in [0.5, 0.6) is 0 Å². The number of ether oxygens (including phenoxy) is 1. The van der Waals surface area contributed by atoms with Gasteiger partial charge in [0.25, 0.3) is 0 Å². The maximum atomic E-state index is 10.6. The van der Waals surface area contributed by atoms with Crippen LogP contribution in [0.3, 0.4) is 0 Å². The first-order chi connectivity index (χ1) is 14.4. The Morgan fingerprint density at radius 2 is 1.84 bits per heavy atom. The molecule has 2 aliphatic rings. The molecule has 2 fully saturated rings. The lowest BCUT2D eigenvalue weighted by atomic mass is 9.92. The van der Waals surface area contributed by atoms with Crippen molar-refractivity contribution in [2.75, 3.05) is 31.1 Å². The van der Waals surface area contributed by atoms with Gasteiger partial charge in [-0.15, -0.1) is 12.4 Å². The number of hydrogen-bond acceptors (Lipinski definition) is 5. The third kappa shape index (κ3) is 6.11. The lowest BCUT2D eigenvalue weighted by molar-refractivity contribution is -0.154. The summed E-state index contributed by atoms with van der Waals surface area (Å²) in [5.41, 5.74) is 0.420. The molecule has 4 rings (SSSR count). The van der Waals surface area contributed by atoms with Crippen molar-refractivity contribution >= 4 is 29.8 Å². The van der Waals surface area contributed by atoms with Gasteiger partial charge in [-0.3, -0.25) is 4.90 Å². The van der Waals surface area contributed by atoms with Crippen LogP contribution in [-0.2, 0) is 11.2 Å². The highest BCUT2D eigenvalue weighted by atomic mass is 35.5. The Morgan fingerprint density at radius 1 is 1.13 bits per heavy atom. The smallest absolute Gasteiger partial charge is 0.128 e. The molecule has 1 aromatic carbocycles. The summed E-state index contributed by atoms with van der Waals surface area (Å²) in [4.78, 5) is 9.48. The van der Waals surface area contributed by atoms with E-state index in [0.29, 0.717) is 18.7 Å². The fraction of sp³-hybridized carbons (Fsp3) is 0.542. The molecule has 3 heterocycles. The van der Waals surface area contributed by atoms with Crippen molar-refractivity contribution in [1.82, 2.24) is 9.88 Å². The zero-order chi connectivity index (χ0) is 21.1. The molecule has 0 aliphatic carbocycles. The molecule has 31 heavy (non-hydrogen) atoms. The minimum atomic E-state index is -0.849. The van der Waals surface area contributed by atoms with Gasteiger partial charge >= 0.3 is 0 Å². The molecule has 5 nitrogen and oxygen atoms in total. The van der Waals surface area contributed by atoms with Crippen LogP contribution in [0.25, 0.3) is 0 Å². The quantitative estimate of drug-likeness (QED) is 0.716. The average Bonchev–Trinajstić information content (AvgIpc) is 2.76. The minimum absolute atomic E-state index is 0. The zero-order valence-corrected chi connectivity index (χ0v) is 19.9. The molecule has 2 aromatic rings. The van der Waals surface area contributed by atoms with Crippen LogP contribution < -0.4 is 4.90 Å². The summed E-state index contributed by atoms with van der Waals surface area (Å²) in [6.45, 7) is 7.09. The Labute approximate surface area is 196 Å². The molecule has 0 unspecified atom stereocenters. The maximum absolute atomic E-state index is 10.6. The van der Waals surface area contributed by atoms with Crippen LogP contribution in [0, 0.1) is 0 Å². The predicted octanol–water partition coefficient (Wildman–Crippen LogP) is 4.21. The van der Waals surface area contributed by atoms with Crippen molar-refractivity contribution in [3.63, 3.8) is 0 Å². The van der Waals surface area contributed by atoms with E-state index in [1.165, 1.54) is 5.56 Å². The molecule has 0 radical (unpaired) electrons. The normalized spacial score (nSPS) is 23.4. The number of aromatic nitrogens is 1. The van der Waals surface area contributed by atoms with E-state index in [2.05, 4.69) is 33.0 Å². The number of hydrogen-bond donors (Lipinski definition) is 1. The van der Waals surface area contributed by atoms with Crippen LogP contribution in [0.4, 0.5) is 5.82 Å². The van der Waals surface area contributed by atoms with Crippen LogP contribution in [-0.4, -0.2) is 65.0 Å².